The van der Waals surface area contributed by atoms with Gasteiger partial charge in [-0.05, 0) is 42.5 Å². The summed E-state index contributed by atoms with van der Waals surface area (Å²) in [5.74, 6) is 0.507. The van der Waals surface area contributed by atoms with Gasteiger partial charge in [0.15, 0.2) is 0 Å². The number of amides is 2. The lowest BCUT2D eigenvalue weighted by Gasteiger charge is -2.30. The lowest BCUT2D eigenvalue weighted by Crippen LogP contribution is -2.37. The first-order chi connectivity index (χ1) is 18.9. The summed E-state index contributed by atoms with van der Waals surface area (Å²) in [5, 5.41) is 4.01. The lowest BCUT2D eigenvalue weighted by atomic mass is 9.99. The third-order valence-corrected chi connectivity index (χ3v) is 7.68. The average Bonchev–Trinajstić information content (AvgIpc) is 3.35. The zero-order valence-electron chi connectivity index (χ0n) is 21.9. The van der Waals surface area contributed by atoms with Crippen molar-refractivity contribution in [2.75, 3.05) is 26.8 Å². The van der Waals surface area contributed by atoms with Gasteiger partial charge in [-0.1, -0.05) is 6.07 Å². The molecule has 0 spiro atoms. The van der Waals surface area contributed by atoms with E-state index >= 15 is 4.39 Å². The molecule has 0 unspecified atom stereocenters. The van der Waals surface area contributed by atoms with Gasteiger partial charge in [-0.25, -0.2) is 9.37 Å². The van der Waals surface area contributed by atoms with Gasteiger partial charge in [0, 0.05) is 75.1 Å². The number of carbonyl (C=O) groups excluding carboxylic acids is 2. The minimum atomic E-state index is -0.381. The minimum Gasteiger partial charge on any atom is -0.381 e. The standard InChI is InChI=1S/C29H29FN6O3/c1-17(37)35-9-10-36-25(16-35)27(34-28(36)18-7-11-39-12-8-18)26-21-15-33-24(13-19(21)3-5-22(26)30)20-4-6-23(32-14-20)29(38)31-2/h3-6,13-15,18H,7-12,16H2,1-2H3,(H,31,38). The van der Waals surface area contributed by atoms with Crippen LogP contribution in [0.25, 0.3) is 33.3 Å². The maximum Gasteiger partial charge on any atom is 0.269 e. The smallest absolute Gasteiger partial charge is 0.269 e. The molecular formula is C29H29FN6O3. The number of carbonyl (C=O) groups is 2. The first kappa shape index (κ1) is 25.1. The highest BCUT2D eigenvalue weighted by atomic mass is 19.1. The molecule has 10 heteroatoms. The van der Waals surface area contributed by atoms with Crippen molar-refractivity contribution in [3.8, 4) is 22.5 Å². The van der Waals surface area contributed by atoms with Crippen molar-refractivity contribution in [1.82, 2.24) is 29.7 Å². The second-order valence-corrected chi connectivity index (χ2v) is 9.97. The number of ether oxygens (including phenoxy) is 1. The van der Waals surface area contributed by atoms with Gasteiger partial charge in [-0.3, -0.25) is 19.6 Å². The summed E-state index contributed by atoms with van der Waals surface area (Å²) >= 11 is 0. The fourth-order valence-electron chi connectivity index (χ4n) is 5.53. The van der Waals surface area contributed by atoms with E-state index in [-0.39, 0.29) is 23.5 Å². The molecule has 0 atom stereocenters. The second kappa shape index (κ2) is 10.2. The molecule has 0 bridgehead atoms. The van der Waals surface area contributed by atoms with Gasteiger partial charge in [-0.2, -0.15) is 0 Å². The molecule has 200 valence electrons. The lowest BCUT2D eigenvalue weighted by molar-refractivity contribution is -0.130. The Hall–Kier alpha value is -4.18. The molecule has 9 nitrogen and oxygen atoms in total. The van der Waals surface area contributed by atoms with Crippen LogP contribution >= 0.6 is 0 Å². The third-order valence-electron chi connectivity index (χ3n) is 7.68. The molecule has 4 aromatic rings. The van der Waals surface area contributed by atoms with Gasteiger partial charge in [0.25, 0.3) is 5.91 Å². The van der Waals surface area contributed by atoms with E-state index in [1.54, 1.807) is 49.5 Å². The van der Waals surface area contributed by atoms with E-state index in [0.29, 0.717) is 60.9 Å². The molecule has 0 radical (unpaired) electrons. The number of hydrogen-bond donors (Lipinski definition) is 1. The monoisotopic (exact) mass is 528 g/mol. The van der Waals surface area contributed by atoms with Crippen molar-refractivity contribution in [2.45, 2.75) is 38.8 Å². The Morgan fingerprint density at radius 2 is 1.90 bits per heavy atom. The first-order valence-electron chi connectivity index (χ1n) is 13.1. The van der Waals surface area contributed by atoms with Crippen LogP contribution in [0.15, 0.2) is 42.7 Å². The molecule has 6 rings (SSSR count). The normalized spacial score (nSPS) is 15.8. The number of aromatic nitrogens is 4. The van der Waals surface area contributed by atoms with Crippen LogP contribution in [0, 0.1) is 5.82 Å². The van der Waals surface area contributed by atoms with Gasteiger partial charge >= 0.3 is 0 Å². The molecule has 1 fully saturated rings. The van der Waals surface area contributed by atoms with Crippen LogP contribution in [0.4, 0.5) is 4.39 Å². The molecule has 39 heavy (non-hydrogen) atoms. The van der Waals surface area contributed by atoms with E-state index in [9.17, 15) is 9.59 Å². The Balaban J connectivity index is 1.46. The number of benzene rings is 1. The SMILES string of the molecule is CNC(=O)c1ccc(-c2cc3ccc(F)c(-c4nc(C5CCOCC5)n5c4CN(C(C)=O)CC5)c3cn2)cn1. The predicted molar refractivity (Wildman–Crippen MR) is 143 cm³/mol. The molecule has 0 saturated carbocycles. The fourth-order valence-corrected chi connectivity index (χ4v) is 5.53. The average molecular weight is 529 g/mol. The number of imidazole rings is 1. The Labute approximate surface area is 225 Å². The number of pyridine rings is 2. The second-order valence-electron chi connectivity index (χ2n) is 9.97. The summed E-state index contributed by atoms with van der Waals surface area (Å²) in [5.41, 5.74) is 3.53. The van der Waals surface area contributed by atoms with E-state index in [2.05, 4.69) is 19.9 Å². The Bertz CT molecular complexity index is 1580. The Kier molecular flexibility index (Phi) is 6.56. The van der Waals surface area contributed by atoms with Crippen LogP contribution < -0.4 is 5.32 Å². The predicted octanol–water partition coefficient (Wildman–Crippen LogP) is 3.92. The molecule has 2 aliphatic rings. The topological polar surface area (TPSA) is 102 Å². The van der Waals surface area contributed by atoms with E-state index < -0.39 is 0 Å². The molecule has 2 aliphatic heterocycles. The Morgan fingerprint density at radius 1 is 1.08 bits per heavy atom. The molecular weight excluding hydrogens is 499 g/mol. The Morgan fingerprint density at radius 3 is 2.62 bits per heavy atom. The summed E-state index contributed by atoms with van der Waals surface area (Å²) in [4.78, 5) is 39.8. The van der Waals surface area contributed by atoms with Crippen molar-refractivity contribution in [1.29, 1.82) is 0 Å². The van der Waals surface area contributed by atoms with Crippen LogP contribution in [-0.4, -0.2) is 63.0 Å². The van der Waals surface area contributed by atoms with Crippen molar-refractivity contribution < 1.29 is 18.7 Å². The molecule has 5 heterocycles. The number of fused-ring (bicyclic) bond motifs is 2. The van der Waals surface area contributed by atoms with E-state index in [1.807, 2.05) is 6.07 Å². The van der Waals surface area contributed by atoms with E-state index in [1.165, 1.54) is 6.07 Å². The highest BCUT2D eigenvalue weighted by Crippen LogP contribution is 2.38. The summed E-state index contributed by atoms with van der Waals surface area (Å²) < 4.78 is 23.4. The summed E-state index contributed by atoms with van der Waals surface area (Å²) in [6.07, 6.45) is 5.00. The quantitative estimate of drug-likeness (QED) is 0.431. The molecule has 3 aromatic heterocycles. The number of nitrogens with zero attached hydrogens (tertiary/aromatic N) is 5. The van der Waals surface area contributed by atoms with Crippen LogP contribution in [0.2, 0.25) is 0 Å². The molecule has 0 aliphatic carbocycles. The number of rotatable bonds is 4. The van der Waals surface area contributed by atoms with Crippen LogP contribution in [-0.2, 0) is 22.6 Å². The first-order valence-corrected chi connectivity index (χ1v) is 13.1. The van der Waals surface area contributed by atoms with Crippen molar-refractivity contribution >= 4 is 22.6 Å². The number of nitrogens with one attached hydrogen (secondary N) is 1. The van der Waals surface area contributed by atoms with Gasteiger partial charge in [-0.15, -0.1) is 0 Å². The number of halogens is 1. The van der Waals surface area contributed by atoms with Crippen molar-refractivity contribution in [2.24, 2.45) is 0 Å². The summed E-state index contributed by atoms with van der Waals surface area (Å²) in [6.45, 7) is 4.52. The van der Waals surface area contributed by atoms with Crippen molar-refractivity contribution in [3.05, 3.63) is 65.8 Å². The van der Waals surface area contributed by atoms with Gasteiger partial charge in [0.2, 0.25) is 5.91 Å². The minimum absolute atomic E-state index is 0.0123. The van der Waals surface area contributed by atoms with Crippen LogP contribution in [0.5, 0.6) is 0 Å². The van der Waals surface area contributed by atoms with E-state index in [4.69, 9.17) is 9.72 Å². The summed E-state index contributed by atoms with van der Waals surface area (Å²) in [7, 11) is 1.56. The maximum atomic E-state index is 15.6. The highest BCUT2D eigenvalue weighted by molar-refractivity contribution is 5.98. The largest absolute Gasteiger partial charge is 0.381 e. The molecule has 1 saturated heterocycles. The third kappa shape index (κ3) is 4.54. The number of hydrogen-bond acceptors (Lipinski definition) is 6. The maximum absolute atomic E-state index is 15.6. The molecule has 1 N–H and O–H groups in total. The molecule has 2 amide bonds. The highest BCUT2D eigenvalue weighted by Gasteiger charge is 2.31. The van der Waals surface area contributed by atoms with Crippen LogP contribution in [0.1, 0.15) is 47.7 Å². The zero-order valence-corrected chi connectivity index (χ0v) is 21.9. The summed E-state index contributed by atoms with van der Waals surface area (Å²) in [6, 6.07) is 8.51. The van der Waals surface area contributed by atoms with E-state index in [0.717, 1.165) is 35.3 Å². The zero-order chi connectivity index (χ0) is 27.1. The van der Waals surface area contributed by atoms with Gasteiger partial charge < -0.3 is 19.5 Å². The van der Waals surface area contributed by atoms with Crippen LogP contribution in [0.3, 0.4) is 0 Å². The fraction of sp³-hybridized carbons (Fsp3) is 0.345. The molecule has 1 aromatic carbocycles. The van der Waals surface area contributed by atoms with Gasteiger partial charge in [0.1, 0.15) is 17.3 Å². The van der Waals surface area contributed by atoms with Gasteiger partial charge in [0.05, 0.1) is 23.6 Å². The van der Waals surface area contributed by atoms with Crippen molar-refractivity contribution in [3.63, 3.8) is 0 Å².